The minimum atomic E-state index is -1.78. The van der Waals surface area contributed by atoms with Gasteiger partial charge < -0.3 is 8.83 Å². The Balaban J connectivity index is 0.000000201. The average Bonchev–Trinajstić information content (AvgIpc) is 3.94. The molecule has 0 aliphatic carbocycles. The minimum absolute atomic E-state index is 0.0453. The van der Waals surface area contributed by atoms with Crippen LogP contribution in [-0.2, 0) is 19.0 Å². The van der Waals surface area contributed by atoms with Gasteiger partial charge in [0.05, 0.1) is 0 Å². The predicted molar refractivity (Wildman–Crippen MR) is 285 cm³/mol. The van der Waals surface area contributed by atoms with Crippen molar-refractivity contribution in [2.75, 3.05) is 0 Å². The normalized spacial score (nSPS) is 12.2. The number of halogens is 17. The van der Waals surface area contributed by atoms with Crippen LogP contribution < -0.4 is 0 Å². The quantitative estimate of drug-likeness (QED) is 0.151. The van der Waals surface area contributed by atoms with E-state index in [1.165, 1.54) is 5.56 Å². The molecular formula is C40H25Cl17N10O2. The lowest BCUT2D eigenvalue weighted by Crippen LogP contribution is -2.16. The average molecular weight is 1280 g/mol. The summed E-state index contributed by atoms with van der Waals surface area (Å²) in [5.74, 6) is 1.60. The molecule has 7 rings (SSSR count). The first kappa shape index (κ1) is 59.9. The number of aryl methyl sites for hydroxylation is 3. The molecule has 0 unspecified atom stereocenters. The molecule has 0 amide bonds. The van der Waals surface area contributed by atoms with Crippen molar-refractivity contribution in [1.82, 2.24) is 50.3 Å². The van der Waals surface area contributed by atoms with Crippen molar-refractivity contribution < 1.29 is 8.83 Å². The summed E-state index contributed by atoms with van der Waals surface area (Å²) >= 11 is 96.2. The topological polar surface area (TPSA) is 155 Å². The van der Waals surface area contributed by atoms with Crippen LogP contribution in [0.5, 0.6) is 0 Å². The molecule has 0 bridgehead atoms. The number of hydrogen-bond donors (Lipinski definition) is 0. The number of alkyl halides is 15. The molecular weight excluding hydrogens is 1260 g/mol. The van der Waals surface area contributed by atoms with Gasteiger partial charge in [0.1, 0.15) is 11.6 Å². The number of rotatable bonds is 5. The van der Waals surface area contributed by atoms with Crippen LogP contribution in [0.3, 0.4) is 0 Å². The molecule has 0 spiro atoms. The Morgan fingerprint density at radius 3 is 1.09 bits per heavy atom. The Labute approximate surface area is 479 Å². The van der Waals surface area contributed by atoms with E-state index in [0.717, 1.165) is 16.7 Å². The maximum atomic E-state index is 5.82. The van der Waals surface area contributed by atoms with Crippen LogP contribution in [-0.4, -0.2) is 50.3 Å². The van der Waals surface area contributed by atoms with Crippen molar-refractivity contribution in [3.8, 4) is 11.4 Å². The molecule has 0 aliphatic rings. The Morgan fingerprint density at radius 1 is 0.377 bits per heavy atom. The molecule has 0 saturated heterocycles. The van der Waals surface area contributed by atoms with E-state index < -0.39 is 19.0 Å². The lowest BCUT2D eigenvalue weighted by Gasteiger charge is -2.14. The molecule has 29 heteroatoms. The predicted octanol–water partition coefficient (Wildman–Crippen LogP) is 17.3. The summed E-state index contributed by atoms with van der Waals surface area (Å²) in [5.41, 5.74) is 3.94. The van der Waals surface area contributed by atoms with Crippen LogP contribution in [0, 0.1) is 20.8 Å². The number of benzene rings is 3. The van der Waals surface area contributed by atoms with Gasteiger partial charge in [-0.05, 0) is 80.4 Å². The van der Waals surface area contributed by atoms with Gasteiger partial charge in [0, 0.05) is 27.8 Å². The molecule has 12 nitrogen and oxygen atoms in total. The third-order valence-corrected chi connectivity index (χ3v) is 10.5. The third kappa shape index (κ3) is 21.0. The van der Waals surface area contributed by atoms with E-state index in [4.69, 9.17) is 206 Å². The van der Waals surface area contributed by atoms with Crippen molar-refractivity contribution in [2.45, 2.75) is 39.7 Å². The second kappa shape index (κ2) is 26.0. The maximum absolute atomic E-state index is 5.82. The first-order valence-electron chi connectivity index (χ1n) is 18.3. The molecule has 69 heavy (non-hydrogen) atoms. The van der Waals surface area contributed by atoms with Crippen molar-refractivity contribution in [1.29, 1.82) is 0 Å². The summed E-state index contributed by atoms with van der Waals surface area (Å²) < 4.78 is 1.72. The second-order valence-corrected chi connectivity index (χ2v) is 25.4. The van der Waals surface area contributed by atoms with Gasteiger partial charge >= 0.3 is 0 Å². The van der Waals surface area contributed by atoms with Gasteiger partial charge in [0.25, 0.3) is 19.4 Å². The van der Waals surface area contributed by atoms with Crippen molar-refractivity contribution in [3.63, 3.8) is 0 Å². The first-order valence-corrected chi connectivity index (χ1v) is 24.7. The highest BCUT2D eigenvalue weighted by Gasteiger charge is 2.34. The summed E-state index contributed by atoms with van der Waals surface area (Å²) in [6, 6.07) is 22.3. The van der Waals surface area contributed by atoms with Gasteiger partial charge in [-0.1, -0.05) is 239 Å². The lowest BCUT2D eigenvalue weighted by molar-refractivity contribution is 0.493. The Kier molecular flexibility index (Phi) is 22.6. The van der Waals surface area contributed by atoms with E-state index >= 15 is 0 Å². The summed E-state index contributed by atoms with van der Waals surface area (Å²) in [6.07, 6.45) is 6.91. The lowest BCUT2D eigenvalue weighted by atomic mass is 10.1. The summed E-state index contributed by atoms with van der Waals surface area (Å²) in [5, 5.41) is 16.1. The SMILES string of the molecule is Cc1ccc(C=Cc2nnc(C(Cl)(Cl)Cl)o2)cc1.Cc1nc(-c2ccc(Cl)cc2)nc(C(Cl)(Cl)Cl)n1.Cc1nc(C(Cl)(Cl)Cl)nc(C(Cl)(Cl)Cl)n1.Clc1ccc(C=Cc2nnc(C(Cl)(Cl)Cl)o2)cc1. The first-order chi connectivity index (χ1) is 31.9. The van der Waals surface area contributed by atoms with Crippen LogP contribution >= 0.6 is 197 Å². The molecule has 0 saturated carbocycles. The molecule has 7 aromatic rings. The van der Waals surface area contributed by atoms with Gasteiger partial charge in [-0.15, -0.1) is 20.4 Å². The molecule has 4 heterocycles. The molecule has 0 atom stereocenters. The van der Waals surface area contributed by atoms with E-state index in [1.54, 1.807) is 68.5 Å². The minimum Gasteiger partial charge on any atom is -0.417 e. The highest BCUT2D eigenvalue weighted by Crippen LogP contribution is 2.41. The van der Waals surface area contributed by atoms with Gasteiger partial charge in [-0.25, -0.2) is 29.9 Å². The molecule has 366 valence electrons. The van der Waals surface area contributed by atoms with Crippen LogP contribution in [0.4, 0.5) is 0 Å². The fourth-order valence-corrected chi connectivity index (χ4v) is 5.96. The summed E-state index contributed by atoms with van der Waals surface area (Å²) in [6.45, 7) is 5.31. The van der Waals surface area contributed by atoms with Crippen molar-refractivity contribution in [2.24, 2.45) is 0 Å². The summed E-state index contributed by atoms with van der Waals surface area (Å²) in [7, 11) is 0. The Morgan fingerprint density at radius 2 is 0.725 bits per heavy atom. The molecule has 0 radical (unpaired) electrons. The number of hydrogen-bond acceptors (Lipinski definition) is 12. The van der Waals surface area contributed by atoms with E-state index in [-0.39, 0.29) is 41.0 Å². The number of aromatic nitrogens is 10. The highest BCUT2D eigenvalue weighted by atomic mass is 35.6. The number of nitrogens with zero attached hydrogens (tertiary/aromatic N) is 10. The molecule has 0 aliphatic heterocycles. The second-order valence-electron chi connectivity index (χ2n) is 13.1. The highest BCUT2D eigenvalue weighted by molar-refractivity contribution is 6.68. The van der Waals surface area contributed by atoms with Gasteiger partial charge in [0.2, 0.25) is 23.2 Å². The fraction of sp³-hybridized carbons (Fsp3) is 0.200. The van der Waals surface area contributed by atoms with E-state index in [2.05, 4.69) is 50.3 Å². The fourth-order valence-electron chi connectivity index (χ4n) is 4.49. The van der Waals surface area contributed by atoms with Gasteiger partial charge in [0.15, 0.2) is 23.3 Å². The maximum Gasteiger partial charge on any atom is 0.268 e. The largest absolute Gasteiger partial charge is 0.417 e. The Bertz CT molecular complexity index is 2680. The van der Waals surface area contributed by atoms with E-state index in [9.17, 15) is 0 Å². The Hall–Kier alpha value is -1.63. The zero-order chi connectivity index (χ0) is 51.5. The monoisotopic (exact) mass is 1270 g/mol. The molecule has 4 aromatic heterocycles. The molecule has 0 N–H and O–H groups in total. The zero-order valence-corrected chi connectivity index (χ0v) is 47.3. The van der Waals surface area contributed by atoms with Crippen molar-refractivity contribution in [3.05, 3.63) is 152 Å². The van der Waals surface area contributed by atoms with Crippen LogP contribution in [0.25, 0.3) is 35.7 Å². The standard InChI is InChI=1S/C12H9Cl3N2O.C11H7Cl4N3.C11H6Cl4N2O.C6H3Cl6N3/c1-8-2-4-9(5-3-8)6-7-10-16-17-11(18-10)12(13,14)15;1-6-16-9(7-2-4-8(12)5-3-7)18-10(17-6)11(13,14)15;12-8-4-1-7(2-5-8)3-6-9-16-17-10(18-9)11(13,14)15;1-2-13-3(5(7,8)9)15-4(14-2)6(10,11)12/h2-7H,1H3;2-5H,1H3;1-6H;1H3. The van der Waals surface area contributed by atoms with Crippen LogP contribution in [0.2, 0.25) is 10.0 Å². The zero-order valence-electron chi connectivity index (χ0n) is 34.5. The van der Waals surface area contributed by atoms with Gasteiger partial charge in [-0.3, -0.25) is 0 Å². The van der Waals surface area contributed by atoms with E-state index in [0.29, 0.717) is 27.5 Å². The van der Waals surface area contributed by atoms with E-state index in [1.807, 2.05) is 49.4 Å². The smallest absolute Gasteiger partial charge is 0.268 e. The summed E-state index contributed by atoms with van der Waals surface area (Å²) in [4.78, 5) is 23.8. The van der Waals surface area contributed by atoms with Crippen LogP contribution in [0.1, 0.15) is 69.4 Å². The molecule has 3 aromatic carbocycles. The molecule has 0 fully saturated rings. The van der Waals surface area contributed by atoms with Crippen molar-refractivity contribution >= 4 is 222 Å². The van der Waals surface area contributed by atoms with Gasteiger partial charge in [-0.2, -0.15) is 0 Å². The third-order valence-electron chi connectivity index (χ3n) is 7.51. The van der Waals surface area contributed by atoms with Crippen LogP contribution in [0.15, 0.2) is 81.6 Å².